The Labute approximate surface area is 101 Å². The van der Waals surface area contributed by atoms with Gasteiger partial charge in [-0.3, -0.25) is 0 Å². The number of nitrogens with one attached hydrogen (secondary N) is 1. The van der Waals surface area contributed by atoms with Crippen LogP contribution < -0.4 is 5.32 Å². The second-order valence-corrected chi connectivity index (χ2v) is 6.34. The Balaban J connectivity index is 1.74. The van der Waals surface area contributed by atoms with Crippen molar-refractivity contribution in [1.82, 2.24) is 5.32 Å². The highest BCUT2D eigenvalue weighted by Gasteiger charge is 2.17. The number of hydrogen-bond acceptors (Lipinski definition) is 2. The van der Waals surface area contributed by atoms with Crippen LogP contribution >= 0.6 is 22.9 Å². The highest BCUT2D eigenvalue weighted by molar-refractivity contribution is 7.16. The van der Waals surface area contributed by atoms with Gasteiger partial charge in [0.1, 0.15) is 0 Å². The number of thiophene rings is 1. The summed E-state index contributed by atoms with van der Waals surface area (Å²) in [5.41, 5.74) is 0. The Kier molecular flexibility index (Phi) is 4.06. The van der Waals surface area contributed by atoms with Gasteiger partial charge in [-0.05, 0) is 43.7 Å². The molecule has 1 aromatic heterocycles. The van der Waals surface area contributed by atoms with Crippen LogP contribution in [0.4, 0.5) is 0 Å². The second kappa shape index (κ2) is 5.33. The molecule has 1 heterocycles. The van der Waals surface area contributed by atoms with Crippen molar-refractivity contribution >= 4 is 22.9 Å². The molecule has 0 amide bonds. The minimum absolute atomic E-state index is 0.724. The van der Waals surface area contributed by atoms with Crippen LogP contribution in [0.15, 0.2) is 12.1 Å². The van der Waals surface area contributed by atoms with Crippen molar-refractivity contribution in [2.24, 2.45) is 5.92 Å². The molecule has 1 aliphatic rings. The van der Waals surface area contributed by atoms with Gasteiger partial charge in [-0.1, -0.05) is 18.5 Å². The first-order valence-electron chi connectivity index (χ1n) is 5.71. The minimum Gasteiger partial charge on any atom is -0.309 e. The van der Waals surface area contributed by atoms with E-state index in [1.165, 1.54) is 30.6 Å². The fraction of sp³-hybridized carbons (Fsp3) is 0.667. The molecule has 84 valence electrons. The molecule has 0 radical (unpaired) electrons. The smallest absolute Gasteiger partial charge is 0.0931 e. The topological polar surface area (TPSA) is 12.0 Å². The van der Waals surface area contributed by atoms with E-state index < -0.39 is 0 Å². The molecule has 0 aromatic carbocycles. The van der Waals surface area contributed by atoms with Gasteiger partial charge in [-0.25, -0.2) is 0 Å². The normalized spacial score (nSPS) is 26.8. The molecule has 0 spiro atoms. The molecule has 0 atom stereocenters. The molecule has 1 N–H and O–H groups in total. The fourth-order valence-corrected chi connectivity index (χ4v) is 3.19. The molecule has 15 heavy (non-hydrogen) atoms. The monoisotopic (exact) mass is 243 g/mol. The summed E-state index contributed by atoms with van der Waals surface area (Å²) in [5.74, 6) is 0.930. The number of hydrogen-bond donors (Lipinski definition) is 1. The molecule has 1 saturated carbocycles. The van der Waals surface area contributed by atoms with Crippen molar-refractivity contribution in [3.63, 3.8) is 0 Å². The molecule has 1 fully saturated rings. The van der Waals surface area contributed by atoms with Crippen LogP contribution in [0, 0.1) is 5.92 Å². The van der Waals surface area contributed by atoms with Gasteiger partial charge in [0.15, 0.2) is 0 Å². The Hall–Kier alpha value is -0.0500. The summed E-state index contributed by atoms with van der Waals surface area (Å²) >= 11 is 7.57. The summed E-state index contributed by atoms with van der Waals surface area (Å²) in [6.07, 6.45) is 5.42. The Morgan fingerprint density at radius 1 is 1.33 bits per heavy atom. The van der Waals surface area contributed by atoms with Crippen LogP contribution in [-0.2, 0) is 6.54 Å². The van der Waals surface area contributed by atoms with Gasteiger partial charge in [-0.2, -0.15) is 0 Å². The average molecular weight is 244 g/mol. The van der Waals surface area contributed by atoms with E-state index in [1.54, 1.807) is 11.3 Å². The highest BCUT2D eigenvalue weighted by atomic mass is 35.5. The van der Waals surface area contributed by atoms with Gasteiger partial charge in [0.25, 0.3) is 0 Å². The lowest BCUT2D eigenvalue weighted by molar-refractivity contribution is 0.307. The molecule has 0 saturated heterocycles. The van der Waals surface area contributed by atoms with Crippen LogP contribution in [0.2, 0.25) is 4.34 Å². The summed E-state index contributed by atoms with van der Waals surface area (Å²) in [5, 5.41) is 3.62. The molecule has 0 aliphatic heterocycles. The van der Waals surface area contributed by atoms with Crippen molar-refractivity contribution < 1.29 is 0 Å². The van der Waals surface area contributed by atoms with Gasteiger partial charge in [0.05, 0.1) is 4.34 Å². The van der Waals surface area contributed by atoms with E-state index in [2.05, 4.69) is 18.3 Å². The SMILES string of the molecule is CC1CCC(NCc2ccc(Cl)s2)CC1. The van der Waals surface area contributed by atoms with Gasteiger partial charge in [-0.15, -0.1) is 11.3 Å². The molecular formula is C12H18ClNS. The van der Waals surface area contributed by atoms with E-state index in [9.17, 15) is 0 Å². The summed E-state index contributed by atoms with van der Waals surface area (Å²) in [6, 6.07) is 4.82. The van der Waals surface area contributed by atoms with E-state index in [0.29, 0.717) is 0 Å². The third-order valence-electron chi connectivity index (χ3n) is 3.21. The largest absolute Gasteiger partial charge is 0.309 e. The third kappa shape index (κ3) is 3.47. The molecule has 3 heteroatoms. The lowest BCUT2D eigenvalue weighted by Gasteiger charge is -2.26. The van der Waals surface area contributed by atoms with E-state index >= 15 is 0 Å². The Morgan fingerprint density at radius 2 is 2.07 bits per heavy atom. The van der Waals surface area contributed by atoms with Crippen LogP contribution in [0.3, 0.4) is 0 Å². The standard InChI is InChI=1S/C12H18ClNS/c1-9-2-4-10(5-3-9)14-8-11-6-7-12(13)15-11/h6-7,9-10,14H,2-5,8H2,1H3. The van der Waals surface area contributed by atoms with Gasteiger partial charge >= 0.3 is 0 Å². The molecule has 1 aliphatic carbocycles. The van der Waals surface area contributed by atoms with Gasteiger partial charge in [0.2, 0.25) is 0 Å². The van der Waals surface area contributed by atoms with Crippen molar-refractivity contribution in [2.45, 2.75) is 45.2 Å². The van der Waals surface area contributed by atoms with Crippen LogP contribution in [0.1, 0.15) is 37.5 Å². The molecule has 1 nitrogen and oxygen atoms in total. The fourth-order valence-electron chi connectivity index (χ4n) is 2.16. The van der Waals surface area contributed by atoms with E-state index in [4.69, 9.17) is 11.6 Å². The van der Waals surface area contributed by atoms with E-state index in [0.717, 1.165) is 22.8 Å². The maximum atomic E-state index is 5.89. The van der Waals surface area contributed by atoms with Crippen LogP contribution in [0.5, 0.6) is 0 Å². The summed E-state index contributed by atoms with van der Waals surface area (Å²) < 4.78 is 0.893. The molecule has 1 aromatic rings. The third-order valence-corrected chi connectivity index (χ3v) is 4.44. The molecule has 2 rings (SSSR count). The van der Waals surface area contributed by atoms with E-state index in [1.807, 2.05) is 6.07 Å². The number of halogens is 1. The van der Waals surface area contributed by atoms with Gasteiger partial charge in [0, 0.05) is 17.5 Å². The van der Waals surface area contributed by atoms with E-state index in [-0.39, 0.29) is 0 Å². The van der Waals surface area contributed by atoms with Crippen molar-refractivity contribution in [3.8, 4) is 0 Å². The Bertz CT molecular complexity index is 302. The Morgan fingerprint density at radius 3 is 2.67 bits per heavy atom. The second-order valence-electron chi connectivity index (χ2n) is 4.54. The van der Waals surface area contributed by atoms with Gasteiger partial charge < -0.3 is 5.32 Å². The first-order chi connectivity index (χ1) is 7.24. The molecule has 0 bridgehead atoms. The lowest BCUT2D eigenvalue weighted by atomic mass is 9.87. The summed E-state index contributed by atoms with van der Waals surface area (Å²) in [4.78, 5) is 1.35. The first-order valence-corrected chi connectivity index (χ1v) is 6.91. The lowest BCUT2D eigenvalue weighted by Crippen LogP contribution is -2.31. The van der Waals surface area contributed by atoms with Crippen LogP contribution in [-0.4, -0.2) is 6.04 Å². The zero-order chi connectivity index (χ0) is 10.7. The summed E-state index contributed by atoms with van der Waals surface area (Å²) in [6.45, 7) is 3.34. The van der Waals surface area contributed by atoms with Crippen molar-refractivity contribution in [2.75, 3.05) is 0 Å². The van der Waals surface area contributed by atoms with Crippen molar-refractivity contribution in [1.29, 1.82) is 0 Å². The highest BCUT2D eigenvalue weighted by Crippen LogP contribution is 2.25. The zero-order valence-electron chi connectivity index (χ0n) is 9.13. The van der Waals surface area contributed by atoms with Crippen LogP contribution in [0.25, 0.3) is 0 Å². The predicted octanol–water partition coefficient (Wildman–Crippen LogP) is 4.07. The number of rotatable bonds is 3. The summed E-state index contributed by atoms with van der Waals surface area (Å²) in [7, 11) is 0. The minimum atomic E-state index is 0.724. The quantitative estimate of drug-likeness (QED) is 0.844. The molecule has 0 unspecified atom stereocenters. The van der Waals surface area contributed by atoms with Crippen molar-refractivity contribution in [3.05, 3.63) is 21.3 Å². The maximum Gasteiger partial charge on any atom is 0.0931 e. The first kappa shape index (κ1) is 11.4. The zero-order valence-corrected chi connectivity index (χ0v) is 10.7. The molecular weight excluding hydrogens is 226 g/mol. The maximum absolute atomic E-state index is 5.89. The predicted molar refractivity (Wildman–Crippen MR) is 67.6 cm³/mol. The average Bonchev–Trinajstić information content (AvgIpc) is 2.64.